The molecule has 176 valence electrons. The van der Waals surface area contributed by atoms with Crippen LogP contribution in [0.25, 0.3) is 11.0 Å². The van der Waals surface area contributed by atoms with Crippen molar-refractivity contribution < 1.29 is 9.53 Å². The van der Waals surface area contributed by atoms with Gasteiger partial charge in [-0.25, -0.2) is 4.98 Å². The zero-order valence-corrected chi connectivity index (χ0v) is 20.3. The van der Waals surface area contributed by atoms with E-state index in [1.54, 1.807) is 7.11 Å². The Labute approximate surface area is 193 Å². The lowest BCUT2D eigenvalue weighted by Gasteiger charge is -2.34. The van der Waals surface area contributed by atoms with Crippen molar-refractivity contribution in [1.82, 2.24) is 14.5 Å². The highest BCUT2D eigenvalue weighted by Gasteiger charge is 2.28. The molecule has 1 aromatic carbocycles. The quantitative estimate of drug-likeness (QED) is 0.485. The first-order chi connectivity index (χ1) is 15.6. The lowest BCUT2D eigenvalue weighted by atomic mass is 9.80. The van der Waals surface area contributed by atoms with Gasteiger partial charge in [-0.2, -0.15) is 0 Å². The van der Waals surface area contributed by atoms with Gasteiger partial charge in [0, 0.05) is 37.5 Å². The van der Waals surface area contributed by atoms with E-state index in [1.165, 1.54) is 70.0 Å². The first kappa shape index (κ1) is 23.1. The van der Waals surface area contributed by atoms with Crippen molar-refractivity contribution >= 4 is 16.9 Å². The first-order valence-electron chi connectivity index (χ1n) is 13.0. The molecule has 5 nitrogen and oxygen atoms in total. The number of nitrogens with zero attached hydrogens (tertiary/aromatic N) is 3. The summed E-state index contributed by atoms with van der Waals surface area (Å²) in [6.45, 7) is 5.97. The predicted octanol–water partition coefficient (Wildman–Crippen LogP) is 6.30. The number of aromatic nitrogens is 2. The minimum Gasteiger partial charge on any atom is -0.497 e. The van der Waals surface area contributed by atoms with Crippen molar-refractivity contribution in [3.63, 3.8) is 0 Å². The normalized spacial score (nSPS) is 22.2. The van der Waals surface area contributed by atoms with Crippen LogP contribution in [-0.2, 0) is 11.3 Å². The van der Waals surface area contributed by atoms with E-state index in [1.807, 2.05) is 12.1 Å². The molecule has 2 fully saturated rings. The van der Waals surface area contributed by atoms with Gasteiger partial charge in [0.1, 0.15) is 11.6 Å². The molecule has 32 heavy (non-hydrogen) atoms. The fourth-order valence-electron chi connectivity index (χ4n) is 6.01. The summed E-state index contributed by atoms with van der Waals surface area (Å²) >= 11 is 0. The second-order valence-corrected chi connectivity index (χ2v) is 9.82. The Bertz CT molecular complexity index is 892. The van der Waals surface area contributed by atoms with Crippen molar-refractivity contribution in [2.24, 2.45) is 5.92 Å². The van der Waals surface area contributed by atoms with Gasteiger partial charge in [-0.3, -0.25) is 4.79 Å². The summed E-state index contributed by atoms with van der Waals surface area (Å²) in [5, 5.41) is 0. The standard InChI is InChI=1S/C27H41N3O2/c1-4-20-11-13-21(14-12-20)27-28-24-19-23(32-3)15-16-25(24)30(27)18-17-26(31)29(5-2)22-9-7-6-8-10-22/h15-16,19-22H,4-14,17-18H2,1-3H3/t20-,21-. The largest absolute Gasteiger partial charge is 0.497 e. The molecule has 0 aliphatic heterocycles. The number of methoxy groups -OCH3 is 1. The van der Waals surface area contributed by atoms with E-state index < -0.39 is 0 Å². The molecule has 0 spiro atoms. The molecule has 0 atom stereocenters. The maximum Gasteiger partial charge on any atom is 0.224 e. The number of imidazole rings is 1. The number of hydrogen-bond donors (Lipinski definition) is 0. The van der Waals surface area contributed by atoms with Crippen LogP contribution in [0.1, 0.15) is 96.2 Å². The Morgan fingerprint density at radius 2 is 1.84 bits per heavy atom. The van der Waals surface area contributed by atoms with Crippen molar-refractivity contribution in [3.8, 4) is 5.75 Å². The molecule has 4 rings (SSSR count). The average Bonchev–Trinajstić information content (AvgIpc) is 3.21. The SMILES string of the molecule is CCN(C(=O)CCn1c2ccc(OC)cc2nc1[C@H]1CC[C@H](CC)CC1)C1CCCCC1. The number of hydrogen-bond acceptors (Lipinski definition) is 3. The van der Waals surface area contributed by atoms with Crippen LogP contribution in [0.4, 0.5) is 0 Å². The van der Waals surface area contributed by atoms with Gasteiger partial charge in [0.15, 0.2) is 0 Å². The molecule has 2 aromatic rings. The van der Waals surface area contributed by atoms with Gasteiger partial charge in [0.25, 0.3) is 0 Å². The van der Waals surface area contributed by atoms with Gasteiger partial charge in [-0.05, 0) is 63.5 Å². The number of fused-ring (bicyclic) bond motifs is 1. The molecule has 0 unspecified atom stereocenters. The van der Waals surface area contributed by atoms with Gasteiger partial charge >= 0.3 is 0 Å². The predicted molar refractivity (Wildman–Crippen MR) is 130 cm³/mol. The number of aryl methyl sites for hydroxylation is 1. The van der Waals surface area contributed by atoms with Crippen molar-refractivity contribution in [1.29, 1.82) is 0 Å². The molecule has 0 radical (unpaired) electrons. The molecule has 1 aromatic heterocycles. The van der Waals surface area contributed by atoms with Gasteiger partial charge in [0.2, 0.25) is 5.91 Å². The first-order valence-corrected chi connectivity index (χ1v) is 13.0. The Hall–Kier alpha value is -2.04. The minimum atomic E-state index is 0.301. The zero-order valence-electron chi connectivity index (χ0n) is 20.3. The number of benzene rings is 1. The van der Waals surface area contributed by atoms with E-state index >= 15 is 0 Å². The van der Waals surface area contributed by atoms with E-state index in [4.69, 9.17) is 9.72 Å². The highest BCUT2D eigenvalue weighted by Crippen LogP contribution is 2.38. The minimum absolute atomic E-state index is 0.301. The topological polar surface area (TPSA) is 47.4 Å². The van der Waals surface area contributed by atoms with E-state index in [-0.39, 0.29) is 0 Å². The number of amides is 1. The van der Waals surface area contributed by atoms with Gasteiger partial charge in [-0.15, -0.1) is 0 Å². The Morgan fingerprint density at radius 1 is 1.09 bits per heavy atom. The van der Waals surface area contributed by atoms with Crippen LogP contribution in [0.15, 0.2) is 18.2 Å². The zero-order chi connectivity index (χ0) is 22.5. The maximum atomic E-state index is 13.2. The number of rotatable bonds is 8. The molecule has 2 aliphatic rings. The summed E-state index contributed by atoms with van der Waals surface area (Å²) in [6, 6.07) is 6.61. The van der Waals surface area contributed by atoms with Crippen LogP contribution < -0.4 is 4.74 Å². The highest BCUT2D eigenvalue weighted by molar-refractivity contribution is 5.79. The molecule has 2 aliphatic carbocycles. The monoisotopic (exact) mass is 439 g/mol. The molecular formula is C27H41N3O2. The Kier molecular flexibility index (Phi) is 7.75. The van der Waals surface area contributed by atoms with Crippen LogP contribution in [0.5, 0.6) is 5.75 Å². The third-order valence-corrected chi connectivity index (χ3v) is 8.00. The van der Waals surface area contributed by atoms with Gasteiger partial charge in [-0.1, -0.05) is 32.6 Å². The van der Waals surface area contributed by atoms with Gasteiger partial charge in [0.05, 0.1) is 18.1 Å². The van der Waals surface area contributed by atoms with E-state index in [0.717, 1.165) is 29.2 Å². The lowest BCUT2D eigenvalue weighted by Crippen LogP contribution is -2.41. The van der Waals surface area contributed by atoms with Crippen molar-refractivity contribution in [2.45, 2.75) is 103 Å². The summed E-state index contributed by atoms with van der Waals surface area (Å²) in [5.41, 5.74) is 2.12. The molecule has 2 saturated carbocycles. The second-order valence-electron chi connectivity index (χ2n) is 9.82. The molecule has 0 bridgehead atoms. The Balaban J connectivity index is 1.55. The summed E-state index contributed by atoms with van der Waals surface area (Å²) in [6.07, 6.45) is 13.0. The van der Waals surface area contributed by atoms with Gasteiger partial charge < -0.3 is 14.2 Å². The van der Waals surface area contributed by atoms with Crippen molar-refractivity contribution in [3.05, 3.63) is 24.0 Å². The second kappa shape index (κ2) is 10.7. The Morgan fingerprint density at radius 3 is 2.50 bits per heavy atom. The average molecular weight is 440 g/mol. The third kappa shape index (κ3) is 4.97. The fraction of sp³-hybridized carbons (Fsp3) is 0.704. The van der Waals surface area contributed by atoms with E-state index in [0.29, 0.717) is 30.8 Å². The maximum absolute atomic E-state index is 13.2. The number of carbonyl (C=O) groups excluding carboxylic acids is 1. The number of carbonyl (C=O) groups is 1. The van der Waals surface area contributed by atoms with Crippen LogP contribution in [0.3, 0.4) is 0 Å². The lowest BCUT2D eigenvalue weighted by molar-refractivity contribution is -0.134. The number of ether oxygens (including phenoxy) is 1. The van der Waals surface area contributed by atoms with E-state index in [9.17, 15) is 4.79 Å². The third-order valence-electron chi connectivity index (χ3n) is 8.00. The van der Waals surface area contributed by atoms with Crippen LogP contribution >= 0.6 is 0 Å². The molecule has 0 N–H and O–H groups in total. The molecule has 5 heteroatoms. The molecular weight excluding hydrogens is 398 g/mol. The summed E-state index contributed by atoms with van der Waals surface area (Å²) < 4.78 is 7.79. The molecule has 1 amide bonds. The van der Waals surface area contributed by atoms with E-state index in [2.05, 4.69) is 29.4 Å². The smallest absolute Gasteiger partial charge is 0.224 e. The van der Waals surface area contributed by atoms with Crippen molar-refractivity contribution in [2.75, 3.05) is 13.7 Å². The van der Waals surface area contributed by atoms with Crippen LogP contribution in [0.2, 0.25) is 0 Å². The fourth-order valence-corrected chi connectivity index (χ4v) is 6.01. The molecule has 0 saturated heterocycles. The summed E-state index contributed by atoms with van der Waals surface area (Å²) in [4.78, 5) is 20.5. The summed E-state index contributed by atoms with van der Waals surface area (Å²) in [5.74, 6) is 3.67. The summed E-state index contributed by atoms with van der Waals surface area (Å²) in [7, 11) is 1.70. The highest BCUT2D eigenvalue weighted by atomic mass is 16.5. The van der Waals surface area contributed by atoms with Crippen LogP contribution in [-0.4, -0.2) is 40.1 Å². The van der Waals surface area contributed by atoms with Crippen LogP contribution in [0, 0.1) is 5.92 Å². The molecule has 1 heterocycles.